The Morgan fingerprint density at radius 2 is 2.09 bits per heavy atom. The topological polar surface area (TPSA) is 83.7 Å². The first-order valence-corrected chi connectivity index (χ1v) is 10.3. The highest BCUT2D eigenvalue weighted by Crippen LogP contribution is 2.37. The molecule has 2 aliphatic heterocycles. The van der Waals surface area contributed by atoms with Crippen LogP contribution in [0.25, 0.3) is 0 Å². The zero-order chi connectivity index (χ0) is 16.9. The smallest absolute Gasteiger partial charge is 0.265 e. The van der Waals surface area contributed by atoms with Crippen molar-refractivity contribution >= 4 is 38.9 Å². The lowest BCUT2D eigenvalue weighted by atomic mass is 10.1. The van der Waals surface area contributed by atoms with E-state index in [9.17, 15) is 13.2 Å². The summed E-state index contributed by atoms with van der Waals surface area (Å²) in [7, 11) is -3.87. The number of fused-ring (bicyclic) bond motifs is 1. The molecular formula is C14H20ClN3O3S2. The minimum atomic E-state index is -3.87. The number of hydrogen-bond acceptors (Lipinski definition) is 5. The third-order valence-electron chi connectivity index (χ3n) is 4.68. The summed E-state index contributed by atoms with van der Waals surface area (Å²) in [5, 5.41) is 5.41. The number of halogens is 1. The van der Waals surface area contributed by atoms with Crippen molar-refractivity contribution in [1.29, 1.82) is 0 Å². The van der Waals surface area contributed by atoms with Crippen molar-refractivity contribution in [3.05, 3.63) is 15.5 Å². The Bertz CT molecular complexity index is 747. The maximum atomic E-state index is 12.9. The number of nitrogens with zero attached hydrogens (tertiary/aromatic N) is 2. The predicted molar refractivity (Wildman–Crippen MR) is 90.5 cm³/mol. The monoisotopic (exact) mass is 377 g/mol. The second kappa shape index (κ2) is 6.00. The van der Waals surface area contributed by atoms with Gasteiger partial charge in [0, 0.05) is 25.2 Å². The number of nitrogens with two attached hydrogens (primary N) is 1. The van der Waals surface area contributed by atoms with Crippen LogP contribution in [0.5, 0.6) is 0 Å². The largest absolute Gasteiger partial charge is 0.332 e. The standard InChI is InChI=1S/C14H20ClN3O3S2/c1-8-6-17-5-3-4-10(17)7-18(8)13(19)12-11(15)9(2)14(22-12)23(16,20)21/h8,10H,3-7H2,1-2H3,(H2,16,20,21). The molecule has 0 aromatic carbocycles. The van der Waals surface area contributed by atoms with Crippen LogP contribution in [0.2, 0.25) is 5.02 Å². The van der Waals surface area contributed by atoms with Gasteiger partial charge >= 0.3 is 0 Å². The van der Waals surface area contributed by atoms with E-state index in [1.807, 2.05) is 11.8 Å². The molecule has 9 heteroatoms. The molecule has 2 fully saturated rings. The van der Waals surface area contributed by atoms with Crippen molar-refractivity contribution in [3.8, 4) is 0 Å². The van der Waals surface area contributed by atoms with Crippen LogP contribution in [0.4, 0.5) is 0 Å². The zero-order valence-electron chi connectivity index (χ0n) is 13.1. The highest BCUT2D eigenvalue weighted by Gasteiger charge is 2.38. The van der Waals surface area contributed by atoms with E-state index in [0.717, 1.165) is 37.3 Å². The van der Waals surface area contributed by atoms with Crippen LogP contribution >= 0.6 is 22.9 Å². The summed E-state index contributed by atoms with van der Waals surface area (Å²) >= 11 is 7.10. The van der Waals surface area contributed by atoms with Gasteiger partial charge in [-0.15, -0.1) is 11.3 Å². The number of piperazine rings is 1. The number of primary sulfonamides is 1. The van der Waals surface area contributed by atoms with Crippen molar-refractivity contribution in [1.82, 2.24) is 9.80 Å². The van der Waals surface area contributed by atoms with Crippen LogP contribution in [0.1, 0.15) is 35.0 Å². The lowest BCUT2D eigenvalue weighted by molar-refractivity contribution is 0.0400. The van der Waals surface area contributed by atoms with Gasteiger partial charge in [0.1, 0.15) is 9.09 Å². The van der Waals surface area contributed by atoms with Crippen molar-refractivity contribution in [2.45, 2.75) is 43.0 Å². The highest BCUT2D eigenvalue weighted by atomic mass is 35.5. The zero-order valence-corrected chi connectivity index (χ0v) is 15.5. The molecular weight excluding hydrogens is 358 g/mol. The Morgan fingerprint density at radius 1 is 1.39 bits per heavy atom. The van der Waals surface area contributed by atoms with Crippen LogP contribution in [0.15, 0.2) is 4.21 Å². The van der Waals surface area contributed by atoms with E-state index in [1.54, 1.807) is 6.92 Å². The molecule has 2 unspecified atom stereocenters. The third-order valence-corrected chi connectivity index (χ3v) is 8.11. The second-order valence-electron chi connectivity index (χ2n) is 6.30. The molecule has 1 aromatic rings. The van der Waals surface area contributed by atoms with Gasteiger partial charge in [0.15, 0.2) is 0 Å². The number of amides is 1. The molecule has 1 aromatic heterocycles. The minimum Gasteiger partial charge on any atom is -0.332 e. The first-order valence-electron chi connectivity index (χ1n) is 7.57. The van der Waals surface area contributed by atoms with E-state index in [2.05, 4.69) is 4.90 Å². The highest BCUT2D eigenvalue weighted by molar-refractivity contribution is 7.91. The Hall–Kier alpha value is -0.670. The van der Waals surface area contributed by atoms with Gasteiger partial charge < -0.3 is 4.90 Å². The molecule has 1 amide bonds. The molecule has 0 bridgehead atoms. The average molecular weight is 378 g/mol. The number of sulfonamides is 1. The van der Waals surface area contributed by atoms with Gasteiger partial charge in [0.05, 0.1) is 5.02 Å². The summed E-state index contributed by atoms with van der Waals surface area (Å²) in [4.78, 5) is 17.4. The molecule has 0 saturated carbocycles. The SMILES string of the molecule is Cc1c(S(N)(=O)=O)sc(C(=O)N2CC3CCCN3CC2C)c1Cl. The number of rotatable bonds is 2. The van der Waals surface area contributed by atoms with Crippen molar-refractivity contribution in [2.24, 2.45) is 5.14 Å². The molecule has 0 aliphatic carbocycles. The van der Waals surface area contributed by atoms with Gasteiger partial charge in [-0.25, -0.2) is 13.6 Å². The number of carbonyl (C=O) groups is 1. The van der Waals surface area contributed by atoms with E-state index in [4.69, 9.17) is 16.7 Å². The normalized spacial score (nSPS) is 25.7. The van der Waals surface area contributed by atoms with E-state index < -0.39 is 10.0 Å². The van der Waals surface area contributed by atoms with Gasteiger partial charge in [-0.3, -0.25) is 9.69 Å². The van der Waals surface area contributed by atoms with Crippen LogP contribution in [-0.4, -0.2) is 55.8 Å². The van der Waals surface area contributed by atoms with Crippen LogP contribution < -0.4 is 5.14 Å². The molecule has 2 aliphatic rings. The Morgan fingerprint density at radius 3 is 2.70 bits per heavy atom. The van der Waals surface area contributed by atoms with E-state index >= 15 is 0 Å². The van der Waals surface area contributed by atoms with Crippen molar-refractivity contribution in [3.63, 3.8) is 0 Å². The third kappa shape index (κ3) is 3.02. The summed E-state index contributed by atoms with van der Waals surface area (Å²) in [6.45, 7) is 6.19. The lowest BCUT2D eigenvalue weighted by Crippen LogP contribution is -2.56. The van der Waals surface area contributed by atoms with Crippen LogP contribution in [0, 0.1) is 6.92 Å². The maximum absolute atomic E-state index is 12.9. The first-order chi connectivity index (χ1) is 10.7. The fraction of sp³-hybridized carbons (Fsp3) is 0.643. The molecule has 3 rings (SSSR count). The van der Waals surface area contributed by atoms with Crippen LogP contribution in [-0.2, 0) is 10.0 Å². The summed E-state index contributed by atoms with van der Waals surface area (Å²) in [6.07, 6.45) is 2.25. The molecule has 128 valence electrons. The van der Waals surface area contributed by atoms with Crippen LogP contribution in [0.3, 0.4) is 0 Å². The quantitative estimate of drug-likeness (QED) is 0.849. The van der Waals surface area contributed by atoms with E-state index in [-0.39, 0.29) is 26.1 Å². The lowest BCUT2D eigenvalue weighted by Gasteiger charge is -2.42. The predicted octanol–water partition coefficient (Wildman–Crippen LogP) is 1.67. The summed E-state index contributed by atoms with van der Waals surface area (Å²) in [5.41, 5.74) is 0.356. The molecule has 3 heterocycles. The molecule has 6 nitrogen and oxygen atoms in total. The summed E-state index contributed by atoms with van der Waals surface area (Å²) in [5.74, 6) is -0.197. The van der Waals surface area contributed by atoms with Gasteiger partial charge in [0.25, 0.3) is 5.91 Å². The molecule has 2 N–H and O–H groups in total. The number of thiophene rings is 1. The maximum Gasteiger partial charge on any atom is 0.265 e. The Balaban J connectivity index is 1.91. The molecule has 0 spiro atoms. The van der Waals surface area contributed by atoms with Gasteiger partial charge in [-0.05, 0) is 38.8 Å². The fourth-order valence-electron chi connectivity index (χ4n) is 3.48. The van der Waals surface area contributed by atoms with Gasteiger partial charge in [0.2, 0.25) is 10.0 Å². The number of hydrogen-bond donors (Lipinski definition) is 1. The number of carbonyl (C=O) groups excluding carboxylic acids is 1. The van der Waals surface area contributed by atoms with Crippen molar-refractivity contribution < 1.29 is 13.2 Å². The molecule has 2 saturated heterocycles. The average Bonchev–Trinajstić information content (AvgIpc) is 3.02. The van der Waals surface area contributed by atoms with Gasteiger partial charge in [-0.2, -0.15) is 0 Å². The Kier molecular flexibility index (Phi) is 4.48. The molecule has 23 heavy (non-hydrogen) atoms. The minimum absolute atomic E-state index is 0.0296. The Labute approximate surface area is 145 Å². The van der Waals surface area contributed by atoms with Crippen molar-refractivity contribution in [2.75, 3.05) is 19.6 Å². The summed E-state index contributed by atoms with van der Waals surface area (Å²) in [6, 6.07) is 0.473. The fourth-order valence-corrected chi connectivity index (χ4v) is 6.02. The second-order valence-corrected chi connectivity index (χ2v) is 9.46. The summed E-state index contributed by atoms with van der Waals surface area (Å²) < 4.78 is 23.2. The first kappa shape index (κ1) is 17.2. The van der Waals surface area contributed by atoms with E-state index in [1.165, 1.54) is 0 Å². The van der Waals surface area contributed by atoms with Gasteiger partial charge in [-0.1, -0.05) is 11.6 Å². The molecule has 2 atom stereocenters. The molecule has 0 radical (unpaired) electrons. The van der Waals surface area contributed by atoms with E-state index in [0.29, 0.717) is 18.2 Å².